The number of methoxy groups -OCH3 is 1. The first-order valence-corrected chi connectivity index (χ1v) is 7.85. The Labute approximate surface area is 157 Å². The maximum atomic E-state index is 12.0. The number of nitrogens with one attached hydrogen (secondary N) is 1. The minimum atomic E-state index is -0.633. The van der Waals surface area contributed by atoms with Crippen LogP contribution in [0.15, 0.2) is 30.3 Å². The average molecular weight is 406 g/mol. The van der Waals surface area contributed by atoms with E-state index < -0.39 is 17.4 Å². The maximum absolute atomic E-state index is 12.0. The van der Waals surface area contributed by atoms with Crippen LogP contribution in [0.5, 0.6) is 11.5 Å². The molecule has 0 atom stereocenters. The number of nitro groups is 1. The topological polar surface area (TPSA) is 90.7 Å². The molecule has 0 fully saturated rings. The van der Waals surface area contributed by atoms with Crippen molar-refractivity contribution in [3.63, 3.8) is 0 Å². The van der Waals surface area contributed by atoms with E-state index >= 15 is 0 Å². The van der Waals surface area contributed by atoms with Crippen molar-refractivity contribution in [1.29, 1.82) is 0 Å². The van der Waals surface area contributed by atoms with Gasteiger partial charge in [-0.05, 0) is 24.3 Å². The van der Waals surface area contributed by atoms with Gasteiger partial charge in [-0.1, -0.05) is 34.8 Å². The molecule has 0 saturated carbocycles. The van der Waals surface area contributed by atoms with Crippen LogP contribution in [0.2, 0.25) is 15.1 Å². The number of rotatable bonds is 6. The molecular formula is C15H11Cl3N2O5. The molecule has 0 saturated heterocycles. The van der Waals surface area contributed by atoms with Gasteiger partial charge in [-0.2, -0.15) is 0 Å². The SMILES string of the molecule is COc1ccc(OCC(=O)Nc2cc(Cl)c(Cl)cc2Cl)c([N+](=O)[O-])c1. The van der Waals surface area contributed by atoms with E-state index in [0.29, 0.717) is 5.75 Å². The molecule has 2 aromatic rings. The summed E-state index contributed by atoms with van der Waals surface area (Å²) in [5.74, 6) is -0.349. The Hall–Kier alpha value is -2.22. The van der Waals surface area contributed by atoms with Crippen LogP contribution >= 0.6 is 34.8 Å². The molecular weight excluding hydrogens is 395 g/mol. The van der Waals surface area contributed by atoms with Gasteiger partial charge in [-0.25, -0.2) is 0 Å². The summed E-state index contributed by atoms with van der Waals surface area (Å²) < 4.78 is 10.1. The van der Waals surface area contributed by atoms with E-state index in [1.165, 1.54) is 37.4 Å². The van der Waals surface area contributed by atoms with Crippen molar-refractivity contribution in [3.8, 4) is 11.5 Å². The second-order valence-corrected chi connectivity index (χ2v) is 5.90. The van der Waals surface area contributed by atoms with E-state index in [4.69, 9.17) is 44.3 Å². The van der Waals surface area contributed by atoms with Crippen LogP contribution in [-0.2, 0) is 4.79 Å². The third-order valence-corrected chi connectivity index (χ3v) is 4.04. The first-order chi connectivity index (χ1) is 11.8. The lowest BCUT2D eigenvalue weighted by atomic mass is 10.3. The Morgan fingerprint density at radius 2 is 1.84 bits per heavy atom. The van der Waals surface area contributed by atoms with E-state index in [-0.39, 0.29) is 32.2 Å². The number of carbonyl (C=O) groups is 1. The van der Waals surface area contributed by atoms with Gasteiger partial charge in [0.25, 0.3) is 5.91 Å². The Morgan fingerprint density at radius 1 is 1.16 bits per heavy atom. The Bertz CT molecular complexity index is 829. The first kappa shape index (κ1) is 19.1. The summed E-state index contributed by atoms with van der Waals surface area (Å²) in [6, 6.07) is 6.80. The molecule has 0 aliphatic heterocycles. The smallest absolute Gasteiger partial charge is 0.314 e. The monoisotopic (exact) mass is 404 g/mol. The van der Waals surface area contributed by atoms with Crippen LogP contribution in [0.25, 0.3) is 0 Å². The molecule has 0 bridgehead atoms. The molecule has 1 N–H and O–H groups in total. The number of halogens is 3. The van der Waals surface area contributed by atoms with Crippen molar-refractivity contribution in [2.24, 2.45) is 0 Å². The second-order valence-electron chi connectivity index (χ2n) is 4.67. The summed E-state index contributed by atoms with van der Waals surface area (Å²) in [4.78, 5) is 22.4. The zero-order valence-electron chi connectivity index (χ0n) is 12.7. The van der Waals surface area contributed by atoms with Gasteiger partial charge in [0.05, 0.1) is 38.9 Å². The van der Waals surface area contributed by atoms with Crippen molar-refractivity contribution >= 4 is 52.1 Å². The molecule has 0 heterocycles. The van der Waals surface area contributed by atoms with E-state index in [2.05, 4.69) is 5.32 Å². The molecule has 0 aromatic heterocycles. The number of nitrogens with zero attached hydrogens (tertiary/aromatic N) is 1. The highest BCUT2D eigenvalue weighted by atomic mass is 35.5. The molecule has 2 aromatic carbocycles. The molecule has 7 nitrogen and oxygen atoms in total. The first-order valence-electron chi connectivity index (χ1n) is 6.71. The molecule has 0 unspecified atom stereocenters. The lowest BCUT2D eigenvalue weighted by molar-refractivity contribution is -0.385. The molecule has 25 heavy (non-hydrogen) atoms. The van der Waals surface area contributed by atoms with E-state index in [1.54, 1.807) is 0 Å². The number of hydrogen-bond acceptors (Lipinski definition) is 5. The van der Waals surface area contributed by atoms with Crippen molar-refractivity contribution in [2.45, 2.75) is 0 Å². The summed E-state index contributed by atoms with van der Waals surface area (Å²) in [7, 11) is 1.38. The zero-order chi connectivity index (χ0) is 18.6. The van der Waals surface area contributed by atoms with Gasteiger partial charge in [0.15, 0.2) is 12.4 Å². The molecule has 2 rings (SSSR count). The number of carbonyl (C=O) groups excluding carboxylic acids is 1. The fourth-order valence-electron chi connectivity index (χ4n) is 1.84. The van der Waals surface area contributed by atoms with Gasteiger partial charge in [0, 0.05) is 0 Å². The van der Waals surface area contributed by atoms with Gasteiger partial charge in [-0.3, -0.25) is 14.9 Å². The Kier molecular flexibility index (Phi) is 6.30. The number of nitro benzene ring substituents is 1. The summed E-state index contributed by atoms with van der Waals surface area (Å²) in [6.45, 7) is -0.469. The van der Waals surface area contributed by atoms with Gasteiger partial charge in [0.2, 0.25) is 0 Å². The average Bonchev–Trinajstić information content (AvgIpc) is 2.57. The Balaban J connectivity index is 2.08. The van der Waals surface area contributed by atoms with Crippen molar-refractivity contribution in [3.05, 3.63) is 55.5 Å². The number of ether oxygens (including phenoxy) is 2. The zero-order valence-corrected chi connectivity index (χ0v) is 15.0. The summed E-state index contributed by atoms with van der Waals surface area (Å²) in [5, 5.41) is 14.2. The lowest BCUT2D eigenvalue weighted by Gasteiger charge is -2.10. The van der Waals surface area contributed by atoms with Crippen molar-refractivity contribution in [1.82, 2.24) is 0 Å². The molecule has 0 aliphatic carbocycles. The second kappa shape index (κ2) is 8.24. The fraction of sp³-hybridized carbons (Fsp3) is 0.133. The van der Waals surface area contributed by atoms with Crippen LogP contribution in [0.1, 0.15) is 0 Å². The number of amides is 1. The van der Waals surface area contributed by atoms with Crippen LogP contribution in [-0.4, -0.2) is 24.5 Å². The van der Waals surface area contributed by atoms with Gasteiger partial charge in [-0.15, -0.1) is 0 Å². The Morgan fingerprint density at radius 3 is 2.48 bits per heavy atom. The van der Waals surface area contributed by atoms with Crippen LogP contribution in [0.4, 0.5) is 11.4 Å². The molecule has 0 radical (unpaired) electrons. The minimum absolute atomic E-state index is 0.0683. The predicted molar refractivity (Wildman–Crippen MR) is 95.2 cm³/mol. The highest BCUT2D eigenvalue weighted by molar-refractivity contribution is 6.44. The number of benzene rings is 2. The summed E-state index contributed by atoms with van der Waals surface area (Å²) in [6.07, 6.45) is 0. The summed E-state index contributed by atoms with van der Waals surface area (Å²) >= 11 is 17.6. The molecule has 132 valence electrons. The standard InChI is InChI=1S/C15H11Cl3N2O5/c1-24-8-2-3-14(13(4-8)20(22)23)25-7-15(21)19-12-6-10(17)9(16)5-11(12)18/h2-6H,7H2,1H3,(H,19,21). The van der Waals surface area contributed by atoms with Crippen molar-refractivity contribution < 1.29 is 19.2 Å². The predicted octanol–water partition coefficient (Wildman–Crippen LogP) is 4.58. The van der Waals surface area contributed by atoms with Gasteiger partial charge >= 0.3 is 5.69 Å². The normalized spacial score (nSPS) is 10.2. The lowest BCUT2D eigenvalue weighted by Crippen LogP contribution is -2.20. The molecule has 1 amide bonds. The van der Waals surface area contributed by atoms with Crippen LogP contribution in [0.3, 0.4) is 0 Å². The molecule has 0 aliphatic rings. The highest BCUT2D eigenvalue weighted by Crippen LogP contribution is 2.33. The quantitative estimate of drug-likeness (QED) is 0.431. The third-order valence-electron chi connectivity index (χ3n) is 3.01. The van der Waals surface area contributed by atoms with Gasteiger partial charge < -0.3 is 14.8 Å². The van der Waals surface area contributed by atoms with Gasteiger partial charge in [0.1, 0.15) is 5.75 Å². The van der Waals surface area contributed by atoms with E-state index in [9.17, 15) is 14.9 Å². The van der Waals surface area contributed by atoms with E-state index in [0.717, 1.165) is 0 Å². The van der Waals surface area contributed by atoms with Crippen LogP contribution < -0.4 is 14.8 Å². The third kappa shape index (κ3) is 4.88. The number of hydrogen-bond donors (Lipinski definition) is 1. The highest BCUT2D eigenvalue weighted by Gasteiger charge is 2.18. The largest absolute Gasteiger partial charge is 0.496 e. The van der Waals surface area contributed by atoms with Crippen LogP contribution in [0, 0.1) is 10.1 Å². The number of anilines is 1. The molecule has 10 heteroatoms. The molecule has 0 spiro atoms. The minimum Gasteiger partial charge on any atom is -0.496 e. The fourth-order valence-corrected chi connectivity index (χ4v) is 2.43. The van der Waals surface area contributed by atoms with Crippen molar-refractivity contribution in [2.75, 3.05) is 19.0 Å². The summed E-state index contributed by atoms with van der Waals surface area (Å²) in [5.41, 5.74) is -0.0754. The maximum Gasteiger partial charge on any atom is 0.314 e. The van der Waals surface area contributed by atoms with E-state index in [1.807, 2.05) is 0 Å².